The molecule has 0 bridgehead atoms. The number of benzene rings is 3. The molecule has 0 spiro atoms. The van der Waals surface area contributed by atoms with E-state index in [9.17, 15) is 0 Å². The summed E-state index contributed by atoms with van der Waals surface area (Å²) in [5.41, 5.74) is 5.54. The van der Waals surface area contributed by atoms with Gasteiger partial charge in [0.1, 0.15) is 5.82 Å². The molecular weight excluding hydrogens is 294 g/mol. The van der Waals surface area contributed by atoms with Crippen LogP contribution in [0.1, 0.15) is 0 Å². The van der Waals surface area contributed by atoms with Crippen LogP contribution in [-0.2, 0) is 0 Å². The van der Waals surface area contributed by atoms with Crippen molar-refractivity contribution in [2.45, 2.75) is 0 Å². The fourth-order valence-corrected chi connectivity index (χ4v) is 2.97. The predicted octanol–water partition coefficient (Wildman–Crippen LogP) is 4.76. The van der Waals surface area contributed by atoms with Gasteiger partial charge in [0.15, 0.2) is 0 Å². The third kappa shape index (κ3) is 2.44. The molecule has 1 aromatic heterocycles. The summed E-state index contributed by atoms with van der Waals surface area (Å²) >= 11 is 0. The highest BCUT2D eigenvalue weighted by Gasteiger charge is 2.13. The molecule has 118 valence electrons. The topological polar surface area (TPSA) is 21.1 Å². The van der Waals surface area contributed by atoms with Gasteiger partial charge in [0, 0.05) is 31.0 Å². The van der Waals surface area contributed by atoms with Gasteiger partial charge in [-0.05, 0) is 48.5 Å². The summed E-state index contributed by atoms with van der Waals surface area (Å²) < 4.78 is 2.22. The Kier molecular flexibility index (Phi) is 3.54. The molecule has 0 N–H and O–H groups in total. The molecule has 4 aromatic rings. The molecule has 0 saturated heterocycles. The molecule has 0 radical (unpaired) electrons. The highest BCUT2D eigenvalue weighted by Crippen LogP contribution is 2.29. The van der Waals surface area contributed by atoms with E-state index < -0.39 is 0 Å². The van der Waals surface area contributed by atoms with Crippen LogP contribution in [0.4, 0.5) is 5.69 Å². The molecule has 0 aliphatic carbocycles. The Morgan fingerprint density at radius 3 is 2.12 bits per heavy atom. The first kappa shape index (κ1) is 14.5. The van der Waals surface area contributed by atoms with Gasteiger partial charge in [0.2, 0.25) is 0 Å². The predicted molar refractivity (Wildman–Crippen MR) is 101 cm³/mol. The average molecular weight is 313 g/mol. The van der Waals surface area contributed by atoms with Crippen LogP contribution in [-0.4, -0.2) is 23.6 Å². The monoisotopic (exact) mass is 313 g/mol. The molecular formula is C21H19N3. The van der Waals surface area contributed by atoms with Crippen molar-refractivity contribution in [1.82, 2.24) is 9.55 Å². The maximum absolute atomic E-state index is 4.88. The molecule has 0 aliphatic rings. The molecule has 0 aliphatic heterocycles. The van der Waals surface area contributed by atoms with Gasteiger partial charge in [-0.3, -0.25) is 4.57 Å². The highest BCUT2D eigenvalue weighted by atomic mass is 15.1. The summed E-state index contributed by atoms with van der Waals surface area (Å²) in [6.45, 7) is 0. The summed E-state index contributed by atoms with van der Waals surface area (Å²) in [5.74, 6) is 0.965. The third-order valence-corrected chi connectivity index (χ3v) is 4.22. The average Bonchev–Trinajstić information content (AvgIpc) is 3.02. The lowest BCUT2D eigenvalue weighted by molar-refractivity contribution is 1.10. The minimum atomic E-state index is 0.965. The number of nitrogens with zero attached hydrogens (tertiary/aromatic N) is 3. The number of hydrogen-bond donors (Lipinski definition) is 0. The quantitative estimate of drug-likeness (QED) is 0.544. The number of imidazole rings is 1. The fourth-order valence-electron chi connectivity index (χ4n) is 2.97. The van der Waals surface area contributed by atoms with E-state index in [4.69, 9.17) is 4.98 Å². The minimum absolute atomic E-state index is 0.965. The van der Waals surface area contributed by atoms with Crippen LogP contribution in [0.15, 0.2) is 78.9 Å². The van der Waals surface area contributed by atoms with Crippen LogP contribution in [0.3, 0.4) is 0 Å². The fraction of sp³-hybridized carbons (Fsp3) is 0.0952. The second-order valence-electron chi connectivity index (χ2n) is 6.04. The van der Waals surface area contributed by atoms with Crippen molar-refractivity contribution in [3.8, 4) is 17.1 Å². The van der Waals surface area contributed by atoms with Crippen molar-refractivity contribution < 1.29 is 0 Å². The molecule has 0 fully saturated rings. The van der Waals surface area contributed by atoms with Gasteiger partial charge in [0.05, 0.1) is 11.0 Å². The largest absolute Gasteiger partial charge is 0.378 e. The standard InChI is InChI=1S/C21H19N3/c1-23(2)17-14-12-16(13-15-17)21-22-19-10-6-7-11-20(19)24(21)18-8-4-3-5-9-18/h3-15H,1-2H3. The van der Waals surface area contributed by atoms with Gasteiger partial charge in [0.25, 0.3) is 0 Å². The van der Waals surface area contributed by atoms with E-state index in [1.807, 2.05) is 26.2 Å². The zero-order chi connectivity index (χ0) is 16.5. The number of hydrogen-bond acceptors (Lipinski definition) is 2. The van der Waals surface area contributed by atoms with Crippen molar-refractivity contribution in [3.05, 3.63) is 78.9 Å². The van der Waals surface area contributed by atoms with Crippen LogP contribution in [0.5, 0.6) is 0 Å². The van der Waals surface area contributed by atoms with E-state index >= 15 is 0 Å². The first-order chi connectivity index (χ1) is 11.7. The molecule has 0 atom stereocenters. The number of rotatable bonds is 3. The maximum atomic E-state index is 4.88. The minimum Gasteiger partial charge on any atom is -0.378 e. The van der Waals surface area contributed by atoms with Gasteiger partial charge < -0.3 is 4.90 Å². The third-order valence-electron chi connectivity index (χ3n) is 4.22. The molecule has 0 unspecified atom stereocenters. The highest BCUT2D eigenvalue weighted by molar-refractivity contribution is 5.83. The van der Waals surface area contributed by atoms with Crippen LogP contribution in [0.2, 0.25) is 0 Å². The van der Waals surface area contributed by atoms with Crippen LogP contribution >= 0.6 is 0 Å². The van der Waals surface area contributed by atoms with Crippen molar-refractivity contribution in [1.29, 1.82) is 0 Å². The molecule has 1 heterocycles. The van der Waals surface area contributed by atoms with Crippen LogP contribution in [0.25, 0.3) is 28.1 Å². The van der Waals surface area contributed by atoms with Gasteiger partial charge in [-0.25, -0.2) is 4.98 Å². The molecule has 4 rings (SSSR count). The maximum Gasteiger partial charge on any atom is 0.145 e. The van der Waals surface area contributed by atoms with Crippen molar-refractivity contribution in [3.63, 3.8) is 0 Å². The normalized spacial score (nSPS) is 10.9. The Hall–Kier alpha value is -3.07. The lowest BCUT2D eigenvalue weighted by Gasteiger charge is -2.13. The molecule has 0 saturated carbocycles. The van der Waals surface area contributed by atoms with Crippen molar-refractivity contribution in [2.75, 3.05) is 19.0 Å². The molecule has 0 amide bonds. The van der Waals surface area contributed by atoms with Gasteiger partial charge in [-0.1, -0.05) is 30.3 Å². The Morgan fingerprint density at radius 1 is 0.750 bits per heavy atom. The lowest BCUT2D eigenvalue weighted by Crippen LogP contribution is -2.08. The summed E-state index contributed by atoms with van der Waals surface area (Å²) in [6, 6.07) is 27.2. The number of fused-ring (bicyclic) bond motifs is 1. The van der Waals surface area contributed by atoms with E-state index in [1.165, 1.54) is 5.69 Å². The van der Waals surface area contributed by atoms with E-state index in [2.05, 4.69) is 76.2 Å². The number of aromatic nitrogens is 2. The van der Waals surface area contributed by atoms with E-state index in [-0.39, 0.29) is 0 Å². The SMILES string of the molecule is CN(C)c1ccc(-c2nc3ccccc3n2-c2ccccc2)cc1. The summed E-state index contributed by atoms with van der Waals surface area (Å²) in [4.78, 5) is 6.98. The Labute approximate surface area is 141 Å². The van der Waals surface area contributed by atoms with E-state index in [0.29, 0.717) is 0 Å². The zero-order valence-corrected chi connectivity index (χ0v) is 13.8. The summed E-state index contributed by atoms with van der Waals surface area (Å²) in [6.07, 6.45) is 0. The second-order valence-corrected chi connectivity index (χ2v) is 6.04. The smallest absolute Gasteiger partial charge is 0.145 e. The first-order valence-corrected chi connectivity index (χ1v) is 8.05. The Morgan fingerprint density at radius 2 is 1.42 bits per heavy atom. The van der Waals surface area contributed by atoms with Crippen molar-refractivity contribution in [2.24, 2.45) is 0 Å². The number of anilines is 1. The first-order valence-electron chi connectivity index (χ1n) is 8.05. The van der Waals surface area contributed by atoms with Crippen LogP contribution in [0, 0.1) is 0 Å². The molecule has 3 aromatic carbocycles. The van der Waals surface area contributed by atoms with Crippen molar-refractivity contribution >= 4 is 16.7 Å². The zero-order valence-electron chi connectivity index (χ0n) is 13.8. The summed E-state index contributed by atoms with van der Waals surface area (Å²) in [5, 5.41) is 0. The second kappa shape index (κ2) is 5.85. The molecule has 3 heteroatoms. The Balaban J connectivity index is 1.95. The van der Waals surface area contributed by atoms with E-state index in [1.54, 1.807) is 0 Å². The summed E-state index contributed by atoms with van der Waals surface area (Å²) in [7, 11) is 4.10. The molecule has 24 heavy (non-hydrogen) atoms. The number of para-hydroxylation sites is 3. The molecule has 3 nitrogen and oxygen atoms in total. The van der Waals surface area contributed by atoms with Gasteiger partial charge in [-0.2, -0.15) is 0 Å². The Bertz CT molecular complexity index is 967. The van der Waals surface area contributed by atoms with Crippen LogP contribution < -0.4 is 4.90 Å². The van der Waals surface area contributed by atoms with E-state index in [0.717, 1.165) is 28.1 Å². The van der Waals surface area contributed by atoms with Gasteiger partial charge >= 0.3 is 0 Å². The lowest BCUT2D eigenvalue weighted by atomic mass is 10.2. The van der Waals surface area contributed by atoms with Gasteiger partial charge in [-0.15, -0.1) is 0 Å².